The molecule has 132 valence electrons. The van der Waals surface area contributed by atoms with Gasteiger partial charge in [0.05, 0.1) is 10.6 Å². The molecule has 26 heavy (non-hydrogen) atoms. The molecule has 0 spiro atoms. The van der Waals surface area contributed by atoms with E-state index in [0.29, 0.717) is 12.2 Å². The minimum absolute atomic E-state index is 0.0685. The van der Waals surface area contributed by atoms with E-state index >= 15 is 0 Å². The molecule has 3 rings (SSSR count). The van der Waals surface area contributed by atoms with Crippen molar-refractivity contribution in [3.05, 3.63) is 94.5 Å². The minimum atomic E-state index is -0.349. The van der Waals surface area contributed by atoms with Crippen LogP contribution in [0.5, 0.6) is 0 Å². The molecule has 0 aliphatic rings. The Morgan fingerprint density at radius 2 is 1.65 bits per heavy atom. The molecule has 0 aliphatic carbocycles. The first-order chi connectivity index (χ1) is 12.6. The fourth-order valence-electron chi connectivity index (χ4n) is 2.50. The summed E-state index contributed by atoms with van der Waals surface area (Å²) in [4.78, 5) is 12.2. The highest BCUT2D eigenvalue weighted by molar-refractivity contribution is 8.00. The van der Waals surface area contributed by atoms with Gasteiger partial charge in [-0.2, -0.15) is 0 Å². The highest BCUT2D eigenvalue weighted by Gasteiger charge is 2.16. The summed E-state index contributed by atoms with van der Waals surface area (Å²) >= 11 is 1.52. The van der Waals surface area contributed by atoms with Crippen LogP contribution in [0.3, 0.4) is 0 Å². The summed E-state index contributed by atoms with van der Waals surface area (Å²) in [6.45, 7) is 0.537. The van der Waals surface area contributed by atoms with E-state index in [9.17, 15) is 10.1 Å². The maximum atomic E-state index is 11.5. The molecular formula is C20H19N3O2S. The van der Waals surface area contributed by atoms with E-state index in [-0.39, 0.29) is 10.6 Å². The van der Waals surface area contributed by atoms with Crippen molar-refractivity contribution in [2.24, 2.45) is 0 Å². The summed E-state index contributed by atoms with van der Waals surface area (Å²) in [7, 11) is 1.90. The lowest BCUT2D eigenvalue weighted by Gasteiger charge is -2.18. The van der Waals surface area contributed by atoms with Crippen molar-refractivity contribution in [1.29, 1.82) is 0 Å². The van der Waals surface area contributed by atoms with Crippen LogP contribution in [-0.2, 0) is 6.54 Å². The summed E-state index contributed by atoms with van der Waals surface area (Å²) in [6.07, 6.45) is 0. The molecule has 0 aromatic heterocycles. The Morgan fingerprint density at radius 3 is 2.31 bits per heavy atom. The molecule has 0 radical (unpaired) electrons. The number of nitro benzene ring substituents is 1. The second-order valence-electron chi connectivity index (χ2n) is 5.70. The van der Waals surface area contributed by atoms with Gasteiger partial charge in [0.2, 0.25) is 0 Å². The van der Waals surface area contributed by atoms with Crippen LogP contribution >= 0.6 is 11.9 Å². The van der Waals surface area contributed by atoms with Crippen LogP contribution < -0.4 is 9.62 Å². The minimum Gasteiger partial charge on any atom is -0.375 e. The number of anilines is 2. The maximum absolute atomic E-state index is 11.5. The van der Waals surface area contributed by atoms with Crippen LogP contribution in [0.25, 0.3) is 0 Å². The Kier molecular flexibility index (Phi) is 5.76. The molecule has 0 unspecified atom stereocenters. The number of hydrogen-bond donors (Lipinski definition) is 1. The van der Waals surface area contributed by atoms with Gasteiger partial charge >= 0.3 is 0 Å². The molecule has 0 saturated carbocycles. The molecule has 0 atom stereocenters. The molecule has 0 heterocycles. The Labute approximate surface area is 156 Å². The van der Waals surface area contributed by atoms with Crippen molar-refractivity contribution >= 4 is 29.0 Å². The highest BCUT2D eigenvalue weighted by Crippen LogP contribution is 2.33. The van der Waals surface area contributed by atoms with Gasteiger partial charge in [-0.1, -0.05) is 48.5 Å². The SMILES string of the molecule is CN(Sc1ccccc1)c1ccc(NCc2ccccc2)c([N+](=O)[O-])c1. The van der Waals surface area contributed by atoms with Crippen LogP contribution in [0.2, 0.25) is 0 Å². The van der Waals surface area contributed by atoms with E-state index in [0.717, 1.165) is 16.1 Å². The summed E-state index contributed by atoms with van der Waals surface area (Å²) in [5.41, 5.74) is 2.43. The van der Waals surface area contributed by atoms with Crippen LogP contribution in [0.1, 0.15) is 5.56 Å². The zero-order chi connectivity index (χ0) is 18.4. The summed E-state index contributed by atoms with van der Waals surface area (Å²) in [5, 5.41) is 14.7. The first kappa shape index (κ1) is 17.8. The Balaban J connectivity index is 1.76. The lowest BCUT2D eigenvalue weighted by atomic mass is 10.2. The predicted octanol–water partition coefficient (Wildman–Crippen LogP) is 5.35. The Bertz CT molecular complexity index is 873. The van der Waals surface area contributed by atoms with Gasteiger partial charge in [-0.3, -0.25) is 10.1 Å². The number of benzene rings is 3. The van der Waals surface area contributed by atoms with Crippen molar-refractivity contribution in [1.82, 2.24) is 0 Å². The van der Waals surface area contributed by atoms with Gasteiger partial charge in [0.1, 0.15) is 5.69 Å². The number of rotatable bonds is 7. The molecule has 6 heteroatoms. The molecular weight excluding hydrogens is 346 g/mol. The van der Waals surface area contributed by atoms with E-state index in [1.165, 1.54) is 11.9 Å². The molecule has 0 fully saturated rings. The summed E-state index contributed by atoms with van der Waals surface area (Å²) in [5.74, 6) is 0. The van der Waals surface area contributed by atoms with E-state index in [1.54, 1.807) is 12.1 Å². The first-order valence-electron chi connectivity index (χ1n) is 8.16. The molecule has 0 aliphatic heterocycles. The smallest absolute Gasteiger partial charge is 0.294 e. The number of hydrogen-bond acceptors (Lipinski definition) is 5. The third-order valence-electron chi connectivity index (χ3n) is 3.85. The fraction of sp³-hybridized carbons (Fsp3) is 0.100. The van der Waals surface area contributed by atoms with Gasteiger partial charge in [0, 0.05) is 24.6 Å². The van der Waals surface area contributed by atoms with E-state index < -0.39 is 0 Å². The number of nitrogens with one attached hydrogen (secondary N) is 1. The zero-order valence-electron chi connectivity index (χ0n) is 14.3. The van der Waals surface area contributed by atoms with Gasteiger partial charge in [-0.05, 0) is 41.8 Å². The molecule has 0 amide bonds. The van der Waals surface area contributed by atoms with Crippen molar-refractivity contribution in [3.63, 3.8) is 0 Å². The maximum Gasteiger partial charge on any atom is 0.294 e. The molecule has 3 aromatic carbocycles. The van der Waals surface area contributed by atoms with E-state index in [4.69, 9.17) is 0 Å². The largest absolute Gasteiger partial charge is 0.375 e. The monoisotopic (exact) mass is 365 g/mol. The van der Waals surface area contributed by atoms with Crippen LogP contribution in [-0.4, -0.2) is 12.0 Å². The number of nitro groups is 1. The first-order valence-corrected chi connectivity index (χ1v) is 8.94. The number of nitrogens with zero attached hydrogens (tertiary/aromatic N) is 2. The third kappa shape index (κ3) is 4.55. The second-order valence-corrected chi connectivity index (χ2v) is 6.90. The second kappa shape index (κ2) is 8.40. The fourth-order valence-corrected chi connectivity index (χ4v) is 3.32. The Morgan fingerprint density at radius 1 is 1.00 bits per heavy atom. The highest BCUT2D eigenvalue weighted by atomic mass is 32.2. The van der Waals surface area contributed by atoms with E-state index in [1.807, 2.05) is 78.1 Å². The average molecular weight is 365 g/mol. The molecule has 0 bridgehead atoms. The quantitative estimate of drug-likeness (QED) is 0.347. The zero-order valence-corrected chi connectivity index (χ0v) is 15.1. The van der Waals surface area contributed by atoms with Gasteiger partial charge in [-0.25, -0.2) is 0 Å². The average Bonchev–Trinajstić information content (AvgIpc) is 2.67. The summed E-state index contributed by atoms with van der Waals surface area (Å²) in [6, 6.07) is 25.0. The van der Waals surface area contributed by atoms with Crippen molar-refractivity contribution in [2.45, 2.75) is 11.4 Å². The molecule has 3 aromatic rings. The lowest BCUT2D eigenvalue weighted by molar-refractivity contribution is -0.383. The Hall–Kier alpha value is -2.99. The summed E-state index contributed by atoms with van der Waals surface area (Å²) < 4.78 is 1.92. The molecule has 1 N–H and O–H groups in total. The van der Waals surface area contributed by atoms with Gasteiger partial charge < -0.3 is 9.62 Å². The predicted molar refractivity (Wildman–Crippen MR) is 108 cm³/mol. The van der Waals surface area contributed by atoms with Crippen molar-refractivity contribution in [2.75, 3.05) is 16.7 Å². The van der Waals surface area contributed by atoms with Crippen molar-refractivity contribution in [3.8, 4) is 0 Å². The van der Waals surface area contributed by atoms with Crippen LogP contribution in [0.15, 0.2) is 83.8 Å². The van der Waals surface area contributed by atoms with Gasteiger partial charge in [0.15, 0.2) is 0 Å². The molecule has 5 nitrogen and oxygen atoms in total. The van der Waals surface area contributed by atoms with E-state index in [2.05, 4.69) is 5.32 Å². The van der Waals surface area contributed by atoms with Crippen LogP contribution in [0, 0.1) is 10.1 Å². The normalized spacial score (nSPS) is 10.3. The van der Waals surface area contributed by atoms with Gasteiger partial charge in [-0.15, -0.1) is 0 Å². The lowest BCUT2D eigenvalue weighted by Crippen LogP contribution is -2.08. The van der Waals surface area contributed by atoms with Gasteiger partial charge in [0.25, 0.3) is 5.69 Å². The van der Waals surface area contributed by atoms with Crippen LogP contribution in [0.4, 0.5) is 17.1 Å². The molecule has 0 saturated heterocycles. The third-order valence-corrected chi connectivity index (χ3v) is 4.82. The standard InChI is InChI=1S/C20H19N3O2S/c1-22(26-18-10-6-3-7-11-18)17-12-13-19(20(14-17)23(24)25)21-15-16-8-4-2-5-9-16/h2-14,21H,15H2,1H3. The van der Waals surface area contributed by atoms with Crippen molar-refractivity contribution < 1.29 is 4.92 Å². The topological polar surface area (TPSA) is 58.4 Å².